The molecule has 0 bridgehead atoms. The van der Waals surface area contributed by atoms with Crippen molar-refractivity contribution in [2.45, 2.75) is 50.0 Å². The van der Waals surface area contributed by atoms with Crippen LogP contribution in [-0.2, 0) is 0 Å². The summed E-state index contributed by atoms with van der Waals surface area (Å²) in [6, 6.07) is 3.85. The normalized spacial score (nSPS) is 24.3. The first-order valence-corrected chi connectivity index (χ1v) is 8.00. The summed E-state index contributed by atoms with van der Waals surface area (Å²) in [5.74, 6) is -1.11. The molecule has 0 aromatic heterocycles. The molecule has 3 N–H and O–H groups in total. The lowest BCUT2D eigenvalue weighted by Crippen LogP contribution is -2.64. The van der Waals surface area contributed by atoms with Crippen molar-refractivity contribution in [3.63, 3.8) is 0 Å². The standard InChI is InChI=1S/C17H19F3N2O2/c18-17(19,20)16(21-13-4-2-1-3-5-13)9-8-11-10-12(15(23)24)6-7-14(11)22-16/h6-10,13,21-22H,1-5H2,(H,23,24). The Hall–Kier alpha value is -2.02. The number of nitrogens with one attached hydrogen (secondary N) is 2. The van der Waals surface area contributed by atoms with Gasteiger partial charge in [0.25, 0.3) is 0 Å². The largest absolute Gasteiger partial charge is 0.478 e. The maximum atomic E-state index is 13.8. The van der Waals surface area contributed by atoms with E-state index < -0.39 is 17.8 Å². The number of carboxylic acid groups (broad SMARTS) is 1. The second-order valence-corrected chi connectivity index (χ2v) is 6.35. The van der Waals surface area contributed by atoms with Gasteiger partial charge in [-0.3, -0.25) is 5.32 Å². The first-order valence-electron chi connectivity index (χ1n) is 8.00. The maximum Gasteiger partial charge on any atom is 0.428 e. The number of halogens is 3. The van der Waals surface area contributed by atoms with Crippen molar-refractivity contribution < 1.29 is 23.1 Å². The van der Waals surface area contributed by atoms with Crippen molar-refractivity contribution in [3.05, 3.63) is 35.4 Å². The summed E-state index contributed by atoms with van der Waals surface area (Å²) in [7, 11) is 0. The molecule has 1 aliphatic carbocycles. The Kier molecular flexibility index (Phi) is 4.29. The highest BCUT2D eigenvalue weighted by molar-refractivity contribution is 5.90. The summed E-state index contributed by atoms with van der Waals surface area (Å²) in [5.41, 5.74) is -1.59. The minimum absolute atomic E-state index is 0.0416. The summed E-state index contributed by atoms with van der Waals surface area (Å²) in [6.45, 7) is 0. The van der Waals surface area contributed by atoms with E-state index in [2.05, 4.69) is 10.6 Å². The van der Waals surface area contributed by atoms with Crippen LogP contribution in [0.3, 0.4) is 0 Å². The number of hydrogen-bond donors (Lipinski definition) is 3. The van der Waals surface area contributed by atoms with Gasteiger partial charge in [-0.1, -0.05) is 25.3 Å². The smallest absolute Gasteiger partial charge is 0.428 e. The number of hydrogen-bond acceptors (Lipinski definition) is 3. The lowest BCUT2D eigenvalue weighted by atomic mass is 9.92. The second kappa shape index (κ2) is 6.12. The van der Waals surface area contributed by atoms with E-state index in [9.17, 15) is 18.0 Å². The zero-order chi connectivity index (χ0) is 17.4. The van der Waals surface area contributed by atoms with Crippen LogP contribution in [0.2, 0.25) is 0 Å². The van der Waals surface area contributed by atoms with Gasteiger partial charge in [0.1, 0.15) is 0 Å². The number of rotatable bonds is 3. The minimum Gasteiger partial charge on any atom is -0.478 e. The number of carbonyl (C=O) groups is 1. The fourth-order valence-corrected chi connectivity index (χ4v) is 3.32. The van der Waals surface area contributed by atoms with E-state index in [0.717, 1.165) is 38.2 Å². The molecule has 3 rings (SSSR count). The number of alkyl halides is 3. The van der Waals surface area contributed by atoms with E-state index in [0.29, 0.717) is 5.56 Å². The molecule has 7 heteroatoms. The van der Waals surface area contributed by atoms with Gasteiger partial charge >= 0.3 is 12.1 Å². The Balaban J connectivity index is 1.91. The molecule has 1 fully saturated rings. The predicted molar refractivity (Wildman–Crippen MR) is 84.9 cm³/mol. The number of fused-ring (bicyclic) bond motifs is 1. The van der Waals surface area contributed by atoms with Gasteiger partial charge in [0.15, 0.2) is 0 Å². The summed E-state index contributed by atoms with van der Waals surface area (Å²) in [4.78, 5) is 11.0. The third-order valence-electron chi connectivity index (χ3n) is 4.63. The summed E-state index contributed by atoms with van der Waals surface area (Å²) < 4.78 is 41.3. The molecule has 1 aliphatic heterocycles. The zero-order valence-electron chi connectivity index (χ0n) is 13.0. The average Bonchev–Trinajstić information content (AvgIpc) is 2.54. The van der Waals surface area contributed by atoms with E-state index in [4.69, 9.17) is 5.11 Å². The third-order valence-corrected chi connectivity index (χ3v) is 4.63. The van der Waals surface area contributed by atoms with Crippen LogP contribution in [0.4, 0.5) is 18.9 Å². The molecule has 1 saturated carbocycles. The molecule has 0 saturated heterocycles. The molecule has 0 amide bonds. The van der Waals surface area contributed by atoms with E-state index in [1.54, 1.807) is 0 Å². The van der Waals surface area contributed by atoms with Crippen LogP contribution in [0.1, 0.15) is 48.0 Å². The molecule has 1 aromatic carbocycles. The summed E-state index contributed by atoms with van der Waals surface area (Å²) >= 11 is 0. The first kappa shape index (κ1) is 16.8. The Bertz CT molecular complexity index is 666. The summed E-state index contributed by atoms with van der Waals surface area (Å²) in [5, 5.41) is 14.3. The lowest BCUT2D eigenvalue weighted by molar-refractivity contribution is -0.176. The van der Waals surface area contributed by atoms with Crippen LogP contribution in [0, 0.1) is 0 Å². The first-order chi connectivity index (χ1) is 11.3. The van der Waals surface area contributed by atoms with E-state index in [-0.39, 0.29) is 17.3 Å². The molecule has 1 unspecified atom stereocenters. The van der Waals surface area contributed by atoms with Gasteiger partial charge in [-0.15, -0.1) is 0 Å². The second-order valence-electron chi connectivity index (χ2n) is 6.35. The average molecular weight is 340 g/mol. The zero-order valence-corrected chi connectivity index (χ0v) is 13.0. The fraction of sp³-hybridized carbons (Fsp3) is 0.471. The van der Waals surface area contributed by atoms with Crippen LogP contribution in [-0.4, -0.2) is 29.0 Å². The van der Waals surface area contributed by atoms with Gasteiger partial charge in [0.2, 0.25) is 5.66 Å². The molecule has 2 aliphatic rings. The van der Waals surface area contributed by atoms with Crippen molar-refractivity contribution in [2.75, 3.05) is 5.32 Å². The van der Waals surface area contributed by atoms with Crippen molar-refractivity contribution in [2.24, 2.45) is 0 Å². The SMILES string of the molecule is O=C(O)c1ccc2c(c1)C=CC(NC1CCCCC1)(C(F)(F)F)N2. The van der Waals surface area contributed by atoms with Crippen LogP contribution >= 0.6 is 0 Å². The van der Waals surface area contributed by atoms with Gasteiger partial charge in [-0.05, 0) is 42.7 Å². The molecular formula is C17H19F3N2O2. The molecule has 0 radical (unpaired) electrons. The predicted octanol–water partition coefficient (Wildman–Crippen LogP) is 4.00. The van der Waals surface area contributed by atoms with Gasteiger partial charge < -0.3 is 10.4 Å². The number of aromatic carboxylic acids is 1. The van der Waals surface area contributed by atoms with Crippen LogP contribution < -0.4 is 10.6 Å². The Morgan fingerprint density at radius 1 is 1.25 bits per heavy atom. The highest BCUT2D eigenvalue weighted by atomic mass is 19.4. The van der Waals surface area contributed by atoms with Gasteiger partial charge in [0, 0.05) is 11.7 Å². The molecular weight excluding hydrogens is 321 g/mol. The third kappa shape index (κ3) is 3.13. The van der Waals surface area contributed by atoms with E-state index in [1.165, 1.54) is 24.3 Å². The van der Waals surface area contributed by atoms with E-state index >= 15 is 0 Å². The molecule has 1 aromatic rings. The van der Waals surface area contributed by atoms with Crippen molar-refractivity contribution >= 4 is 17.7 Å². The highest BCUT2D eigenvalue weighted by Crippen LogP contribution is 2.39. The molecule has 1 heterocycles. The molecule has 130 valence electrons. The monoisotopic (exact) mass is 340 g/mol. The topological polar surface area (TPSA) is 61.4 Å². The highest BCUT2D eigenvalue weighted by Gasteiger charge is 2.55. The van der Waals surface area contributed by atoms with Crippen LogP contribution in [0.15, 0.2) is 24.3 Å². The van der Waals surface area contributed by atoms with Crippen molar-refractivity contribution in [1.82, 2.24) is 5.32 Å². The minimum atomic E-state index is -4.52. The Morgan fingerprint density at radius 2 is 1.96 bits per heavy atom. The van der Waals surface area contributed by atoms with Crippen LogP contribution in [0.25, 0.3) is 6.08 Å². The number of anilines is 1. The molecule has 1 atom stereocenters. The Labute approximate surface area is 137 Å². The van der Waals surface area contributed by atoms with Gasteiger partial charge in [-0.25, -0.2) is 4.79 Å². The molecule has 4 nitrogen and oxygen atoms in total. The fourth-order valence-electron chi connectivity index (χ4n) is 3.32. The van der Waals surface area contributed by atoms with E-state index in [1.807, 2.05) is 0 Å². The quantitative estimate of drug-likeness (QED) is 0.778. The number of benzene rings is 1. The summed E-state index contributed by atoms with van der Waals surface area (Å²) in [6.07, 6.45) is 2.21. The molecule has 0 spiro atoms. The number of carboxylic acids is 1. The van der Waals surface area contributed by atoms with Crippen molar-refractivity contribution in [1.29, 1.82) is 0 Å². The van der Waals surface area contributed by atoms with Gasteiger partial charge in [0.05, 0.1) is 5.56 Å². The molecule has 24 heavy (non-hydrogen) atoms. The Morgan fingerprint density at radius 3 is 2.58 bits per heavy atom. The maximum absolute atomic E-state index is 13.8. The van der Waals surface area contributed by atoms with Gasteiger partial charge in [-0.2, -0.15) is 13.2 Å². The van der Waals surface area contributed by atoms with Crippen LogP contribution in [0.5, 0.6) is 0 Å². The lowest BCUT2D eigenvalue weighted by Gasteiger charge is -2.41. The van der Waals surface area contributed by atoms with Crippen molar-refractivity contribution in [3.8, 4) is 0 Å².